The summed E-state index contributed by atoms with van der Waals surface area (Å²) in [5.74, 6) is 0.227. The van der Waals surface area contributed by atoms with E-state index in [1.54, 1.807) is 0 Å². The molecule has 20 heavy (non-hydrogen) atoms. The summed E-state index contributed by atoms with van der Waals surface area (Å²) in [7, 11) is 0. The Morgan fingerprint density at radius 1 is 0.850 bits per heavy atom. The molecule has 2 heteroatoms. The van der Waals surface area contributed by atoms with Crippen LogP contribution in [-0.2, 0) is 0 Å². The van der Waals surface area contributed by atoms with Crippen LogP contribution >= 0.6 is 0 Å². The minimum atomic E-state index is 0.154. The third-order valence-corrected chi connectivity index (χ3v) is 3.84. The Bertz CT molecular complexity index is 458. The molecule has 0 aliphatic heterocycles. The smallest absolute Gasteiger partial charge is 0.0578 e. The quantitative estimate of drug-likeness (QED) is 0.842. The van der Waals surface area contributed by atoms with E-state index >= 15 is 0 Å². The average Bonchev–Trinajstić information content (AvgIpc) is 2.53. The zero-order valence-corrected chi connectivity index (χ0v) is 12.2. The lowest BCUT2D eigenvalue weighted by Crippen LogP contribution is -2.37. The van der Waals surface area contributed by atoms with Gasteiger partial charge in [-0.15, -0.1) is 0 Å². The van der Waals surface area contributed by atoms with Crippen molar-refractivity contribution in [3.63, 3.8) is 0 Å². The van der Waals surface area contributed by atoms with Crippen LogP contribution in [0.4, 0.5) is 0 Å². The van der Waals surface area contributed by atoms with E-state index in [0.717, 1.165) is 0 Å². The standard InChI is InChI=1S/C18H23NO/c1-14(13-20)15(2)19-18(16-9-5-3-6-10-16)17-11-7-4-8-12-17/h3-12,14-15,18-20H,13H2,1-2H3. The molecule has 2 aromatic carbocycles. The minimum Gasteiger partial charge on any atom is -0.396 e. The number of nitrogens with one attached hydrogen (secondary N) is 1. The molecule has 0 aromatic heterocycles. The van der Waals surface area contributed by atoms with Crippen molar-refractivity contribution in [2.45, 2.75) is 25.9 Å². The van der Waals surface area contributed by atoms with Gasteiger partial charge in [-0.3, -0.25) is 0 Å². The maximum Gasteiger partial charge on any atom is 0.0578 e. The fourth-order valence-electron chi connectivity index (χ4n) is 2.26. The van der Waals surface area contributed by atoms with Crippen molar-refractivity contribution in [3.8, 4) is 0 Å². The number of hydrogen-bond donors (Lipinski definition) is 2. The topological polar surface area (TPSA) is 32.3 Å². The van der Waals surface area contributed by atoms with Crippen LogP contribution in [0.5, 0.6) is 0 Å². The van der Waals surface area contributed by atoms with Crippen LogP contribution in [-0.4, -0.2) is 17.8 Å². The second kappa shape index (κ2) is 7.22. The van der Waals surface area contributed by atoms with E-state index in [1.165, 1.54) is 11.1 Å². The maximum atomic E-state index is 9.32. The van der Waals surface area contributed by atoms with E-state index in [4.69, 9.17) is 0 Å². The second-order valence-electron chi connectivity index (χ2n) is 5.37. The lowest BCUT2D eigenvalue weighted by atomic mass is 9.95. The minimum absolute atomic E-state index is 0.154. The number of benzene rings is 2. The molecule has 0 aliphatic carbocycles. The summed E-state index contributed by atoms with van der Waals surface area (Å²) in [5.41, 5.74) is 2.49. The highest BCUT2D eigenvalue weighted by Crippen LogP contribution is 2.23. The average molecular weight is 269 g/mol. The van der Waals surface area contributed by atoms with Gasteiger partial charge in [-0.05, 0) is 24.0 Å². The van der Waals surface area contributed by atoms with Crippen molar-refractivity contribution in [2.75, 3.05) is 6.61 Å². The predicted molar refractivity (Wildman–Crippen MR) is 83.6 cm³/mol. The first-order valence-electron chi connectivity index (χ1n) is 7.19. The van der Waals surface area contributed by atoms with Crippen molar-refractivity contribution < 1.29 is 5.11 Å². The molecule has 0 spiro atoms. The Balaban J connectivity index is 2.26. The molecule has 2 aromatic rings. The van der Waals surface area contributed by atoms with Crippen molar-refractivity contribution >= 4 is 0 Å². The van der Waals surface area contributed by atoms with Crippen LogP contribution in [0.1, 0.15) is 31.0 Å². The maximum absolute atomic E-state index is 9.32. The number of aliphatic hydroxyl groups is 1. The Hall–Kier alpha value is -1.64. The van der Waals surface area contributed by atoms with Crippen molar-refractivity contribution in [1.82, 2.24) is 5.32 Å². The SMILES string of the molecule is CC(CO)C(C)NC(c1ccccc1)c1ccccc1. The van der Waals surface area contributed by atoms with E-state index in [0.29, 0.717) is 0 Å². The third-order valence-electron chi connectivity index (χ3n) is 3.84. The second-order valence-corrected chi connectivity index (χ2v) is 5.37. The lowest BCUT2D eigenvalue weighted by molar-refractivity contribution is 0.203. The Kier molecular flexibility index (Phi) is 5.33. The van der Waals surface area contributed by atoms with Gasteiger partial charge in [-0.2, -0.15) is 0 Å². The van der Waals surface area contributed by atoms with Gasteiger partial charge < -0.3 is 10.4 Å². The molecule has 0 saturated heterocycles. The van der Waals surface area contributed by atoms with Gasteiger partial charge in [0.25, 0.3) is 0 Å². The van der Waals surface area contributed by atoms with Gasteiger partial charge in [-0.1, -0.05) is 67.6 Å². The van der Waals surface area contributed by atoms with E-state index < -0.39 is 0 Å². The summed E-state index contributed by atoms with van der Waals surface area (Å²) in [6.45, 7) is 4.38. The van der Waals surface area contributed by atoms with Gasteiger partial charge in [0.05, 0.1) is 6.04 Å². The summed E-state index contributed by atoms with van der Waals surface area (Å²) >= 11 is 0. The van der Waals surface area contributed by atoms with Gasteiger partial charge in [0, 0.05) is 12.6 Å². The zero-order chi connectivity index (χ0) is 14.4. The van der Waals surface area contributed by atoms with Crippen LogP contribution in [0.3, 0.4) is 0 Å². The zero-order valence-electron chi connectivity index (χ0n) is 12.2. The molecular formula is C18H23NO. The molecule has 0 saturated carbocycles. The molecule has 2 N–H and O–H groups in total. The van der Waals surface area contributed by atoms with E-state index in [1.807, 2.05) is 12.1 Å². The first-order valence-corrected chi connectivity index (χ1v) is 7.19. The Morgan fingerprint density at radius 3 is 1.70 bits per heavy atom. The van der Waals surface area contributed by atoms with Crippen LogP contribution in [0, 0.1) is 5.92 Å². The Morgan fingerprint density at radius 2 is 1.30 bits per heavy atom. The van der Waals surface area contributed by atoms with Gasteiger partial charge >= 0.3 is 0 Å². The highest BCUT2D eigenvalue weighted by atomic mass is 16.3. The van der Waals surface area contributed by atoms with Crippen LogP contribution in [0.2, 0.25) is 0 Å². The number of rotatable bonds is 6. The molecule has 0 bridgehead atoms. The van der Waals surface area contributed by atoms with Crippen molar-refractivity contribution in [1.29, 1.82) is 0 Å². The largest absolute Gasteiger partial charge is 0.396 e. The van der Waals surface area contributed by atoms with Crippen LogP contribution in [0.15, 0.2) is 60.7 Å². The predicted octanol–water partition coefficient (Wildman–Crippen LogP) is 3.38. The molecular weight excluding hydrogens is 246 g/mol. The third kappa shape index (κ3) is 3.69. The van der Waals surface area contributed by atoms with E-state index in [-0.39, 0.29) is 24.6 Å². The molecule has 2 unspecified atom stereocenters. The number of hydrogen-bond acceptors (Lipinski definition) is 2. The molecule has 2 rings (SSSR count). The fraction of sp³-hybridized carbons (Fsp3) is 0.333. The van der Waals surface area contributed by atoms with Crippen LogP contribution in [0.25, 0.3) is 0 Å². The van der Waals surface area contributed by atoms with E-state index in [2.05, 4.69) is 67.7 Å². The monoisotopic (exact) mass is 269 g/mol. The first kappa shape index (κ1) is 14.8. The van der Waals surface area contributed by atoms with Crippen molar-refractivity contribution in [2.24, 2.45) is 5.92 Å². The van der Waals surface area contributed by atoms with Crippen molar-refractivity contribution in [3.05, 3.63) is 71.8 Å². The van der Waals surface area contributed by atoms with Gasteiger partial charge in [-0.25, -0.2) is 0 Å². The molecule has 2 atom stereocenters. The molecule has 2 nitrogen and oxygen atoms in total. The first-order chi connectivity index (χ1) is 9.72. The highest BCUT2D eigenvalue weighted by molar-refractivity contribution is 5.31. The Labute approximate surface area is 121 Å². The molecule has 0 radical (unpaired) electrons. The molecule has 0 amide bonds. The van der Waals surface area contributed by atoms with E-state index in [9.17, 15) is 5.11 Å². The van der Waals surface area contributed by atoms with Gasteiger partial charge in [0.2, 0.25) is 0 Å². The lowest BCUT2D eigenvalue weighted by Gasteiger charge is -2.27. The summed E-state index contributed by atoms with van der Waals surface area (Å²) in [4.78, 5) is 0. The van der Waals surface area contributed by atoms with Gasteiger partial charge in [0.1, 0.15) is 0 Å². The summed E-state index contributed by atoms with van der Waals surface area (Å²) in [6.07, 6.45) is 0. The number of aliphatic hydroxyl groups excluding tert-OH is 1. The van der Waals surface area contributed by atoms with Gasteiger partial charge in [0.15, 0.2) is 0 Å². The normalized spacial score (nSPS) is 14.2. The highest BCUT2D eigenvalue weighted by Gasteiger charge is 2.19. The summed E-state index contributed by atoms with van der Waals surface area (Å²) in [5, 5.41) is 13.0. The molecule has 0 aliphatic rings. The fourth-order valence-corrected chi connectivity index (χ4v) is 2.26. The van der Waals surface area contributed by atoms with Crippen LogP contribution < -0.4 is 5.32 Å². The molecule has 0 fully saturated rings. The molecule has 106 valence electrons. The summed E-state index contributed by atoms with van der Waals surface area (Å²) < 4.78 is 0. The summed E-state index contributed by atoms with van der Waals surface area (Å²) in [6, 6.07) is 21.3. The molecule has 0 heterocycles.